The highest BCUT2D eigenvalue weighted by Crippen LogP contribution is 2.39. The van der Waals surface area contributed by atoms with Crippen LogP contribution in [-0.4, -0.2) is 29.1 Å². The molecule has 0 saturated heterocycles. The quantitative estimate of drug-likeness (QED) is 0.868. The van der Waals surface area contributed by atoms with Crippen LogP contribution >= 0.6 is 0 Å². The Morgan fingerprint density at radius 2 is 1.89 bits per heavy atom. The monoisotopic (exact) mass is 261 g/mol. The van der Waals surface area contributed by atoms with Crippen LogP contribution in [0.25, 0.3) is 0 Å². The summed E-state index contributed by atoms with van der Waals surface area (Å²) in [4.78, 5) is 2.63. The van der Waals surface area contributed by atoms with Crippen molar-refractivity contribution in [2.45, 2.75) is 58.4 Å². The Morgan fingerprint density at radius 3 is 2.53 bits per heavy atom. The third-order valence-corrected chi connectivity index (χ3v) is 4.41. The van der Waals surface area contributed by atoms with Crippen LogP contribution in [-0.2, 0) is 6.42 Å². The van der Waals surface area contributed by atoms with Gasteiger partial charge >= 0.3 is 0 Å². The van der Waals surface area contributed by atoms with Crippen molar-refractivity contribution in [1.29, 1.82) is 0 Å². The molecule has 0 aliphatic heterocycles. The Hall–Kier alpha value is -1.02. The van der Waals surface area contributed by atoms with E-state index in [1.807, 2.05) is 12.1 Å². The number of aromatic hydroxyl groups is 1. The van der Waals surface area contributed by atoms with Gasteiger partial charge in [0, 0.05) is 17.5 Å². The van der Waals surface area contributed by atoms with Crippen molar-refractivity contribution in [1.82, 2.24) is 4.90 Å². The van der Waals surface area contributed by atoms with E-state index in [1.54, 1.807) is 0 Å². The molecule has 2 nitrogen and oxygen atoms in total. The summed E-state index contributed by atoms with van der Waals surface area (Å²) in [5.74, 6) is 0.922. The molecule has 2 heteroatoms. The zero-order valence-electron chi connectivity index (χ0n) is 12.5. The maximum Gasteiger partial charge on any atom is 0.119 e. The van der Waals surface area contributed by atoms with E-state index in [2.05, 4.69) is 31.7 Å². The van der Waals surface area contributed by atoms with Gasteiger partial charge < -0.3 is 5.11 Å². The molecule has 0 heterocycles. The summed E-state index contributed by atoms with van der Waals surface area (Å²) in [6, 6.07) is 6.56. The summed E-state index contributed by atoms with van der Waals surface area (Å²) in [5, 5.41) is 10.2. The summed E-state index contributed by atoms with van der Waals surface area (Å²) >= 11 is 0. The van der Waals surface area contributed by atoms with Crippen molar-refractivity contribution in [2.24, 2.45) is 0 Å². The molecule has 106 valence electrons. The van der Waals surface area contributed by atoms with E-state index in [0.29, 0.717) is 17.7 Å². The molecule has 1 aromatic rings. The third kappa shape index (κ3) is 2.94. The summed E-state index contributed by atoms with van der Waals surface area (Å²) in [7, 11) is 0. The number of fused-ring (bicyclic) bond motifs is 1. The zero-order valence-corrected chi connectivity index (χ0v) is 12.5. The number of benzene rings is 1. The molecule has 0 bridgehead atoms. The second-order valence-electron chi connectivity index (χ2n) is 5.78. The molecule has 1 aromatic carbocycles. The fourth-order valence-corrected chi connectivity index (χ4v) is 3.61. The number of rotatable bonds is 5. The first kappa shape index (κ1) is 14.4. The molecule has 1 aliphatic carbocycles. The number of nitrogens with zero attached hydrogens (tertiary/aromatic N) is 1. The Kier molecular flexibility index (Phi) is 4.87. The van der Waals surface area contributed by atoms with Crippen LogP contribution in [0.15, 0.2) is 18.2 Å². The Morgan fingerprint density at radius 1 is 1.21 bits per heavy atom. The molecule has 0 aromatic heterocycles. The van der Waals surface area contributed by atoms with Crippen LogP contribution in [0.2, 0.25) is 0 Å². The summed E-state index contributed by atoms with van der Waals surface area (Å²) in [6.45, 7) is 9.13. The average molecular weight is 261 g/mol. The van der Waals surface area contributed by atoms with Crippen molar-refractivity contribution in [3.8, 4) is 5.75 Å². The van der Waals surface area contributed by atoms with Gasteiger partial charge in [0.15, 0.2) is 0 Å². The lowest BCUT2D eigenvalue weighted by molar-refractivity contribution is 0.157. The first-order valence-electron chi connectivity index (χ1n) is 7.73. The highest BCUT2D eigenvalue weighted by molar-refractivity contribution is 5.44. The average Bonchev–Trinajstić information content (AvgIpc) is 2.39. The largest absolute Gasteiger partial charge is 0.508 e. The van der Waals surface area contributed by atoms with Crippen molar-refractivity contribution >= 4 is 0 Å². The van der Waals surface area contributed by atoms with E-state index in [1.165, 1.54) is 43.5 Å². The molecular formula is C17H27NO. The van der Waals surface area contributed by atoms with Crippen molar-refractivity contribution in [2.75, 3.05) is 13.1 Å². The second-order valence-corrected chi connectivity index (χ2v) is 5.78. The van der Waals surface area contributed by atoms with E-state index in [9.17, 15) is 5.11 Å². The van der Waals surface area contributed by atoms with E-state index in [-0.39, 0.29) is 0 Å². The number of aryl methyl sites for hydroxylation is 1. The Bertz CT molecular complexity index is 410. The van der Waals surface area contributed by atoms with Crippen molar-refractivity contribution < 1.29 is 5.11 Å². The third-order valence-electron chi connectivity index (χ3n) is 4.41. The highest BCUT2D eigenvalue weighted by atomic mass is 16.3. The number of phenolic OH excluding ortho intramolecular Hbond substituents is 1. The molecule has 0 saturated carbocycles. The second kappa shape index (κ2) is 6.42. The van der Waals surface area contributed by atoms with Crippen LogP contribution < -0.4 is 0 Å². The van der Waals surface area contributed by atoms with Gasteiger partial charge in [-0.05, 0) is 50.4 Å². The zero-order chi connectivity index (χ0) is 13.8. The van der Waals surface area contributed by atoms with Crippen molar-refractivity contribution in [3.05, 3.63) is 29.3 Å². The maximum absolute atomic E-state index is 10.2. The topological polar surface area (TPSA) is 23.5 Å². The molecule has 0 radical (unpaired) electrons. The Labute approximate surface area is 117 Å². The molecule has 2 atom stereocenters. The fraction of sp³-hybridized carbons (Fsp3) is 0.647. The minimum absolute atomic E-state index is 0.433. The molecule has 1 N–H and O–H groups in total. The predicted octanol–water partition coefficient (Wildman–Crippen LogP) is 3.93. The maximum atomic E-state index is 10.2. The van der Waals surface area contributed by atoms with Crippen LogP contribution in [0, 0.1) is 0 Å². The van der Waals surface area contributed by atoms with Gasteiger partial charge in [0.2, 0.25) is 0 Å². The van der Waals surface area contributed by atoms with Crippen molar-refractivity contribution in [3.63, 3.8) is 0 Å². The van der Waals surface area contributed by atoms with Crippen LogP contribution in [0.4, 0.5) is 0 Å². The minimum atomic E-state index is 0.433. The first-order chi connectivity index (χ1) is 9.19. The molecule has 0 fully saturated rings. The van der Waals surface area contributed by atoms with Crippen LogP contribution in [0.5, 0.6) is 5.75 Å². The first-order valence-corrected chi connectivity index (χ1v) is 7.73. The lowest BCUT2D eigenvalue weighted by Gasteiger charge is -2.39. The molecule has 1 aliphatic rings. The van der Waals surface area contributed by atoms with Gasteiger partial charge in [0.25, 0.3) is 0 Å². The van der Waals surface area contributed by atoms with E-state index < -0.39 is 0 Å². The van der Waals surface area contributed by atoms with Gasteiger partial charge in [0.05, 0.1) is 0 Å². The number of hydrogen-bond acceptors (Lipinski definition) is 2. The van der Waals surface area contributed by atoms with Gasteiger partial charge in [-0.1, -0.05) is 32.9 Å². The SMILES string of the molecule is CCCN(CCC)[C@H]1CCc2cccc(O)c2[C@H]1C. The van der Waals surface area contributed by atoms with Gasteiger partial charge in [-0.3, -0.25) is 4.90 Å². The highest BCUT2D eigenvalue weighted by Gasteiger charge is 2.31. The normalized spacial score (nSPS) is 22.5. The minimum Gasteiger partial charge on any atom is -0.508 e. The van der Waals surface area contributed by atoms with Gasteiger partial charge in [-0.2, -0.15) is 0 Å². The predicted molar refractivity (Wildman–Crippen MR) is 80.8 cm³/mol. The molecule has 0 spiro atoms. The summed E-state index contributed by atoms with van der Waals surface area (Å²) in [6.07, 6.45) is 4.73. The van der Waals surface area contributed by atoms with E-state index in [4.69, 9.17) is 0 Å². The van der Waals surface area contributed by atoms with E-state index >= 15 is 0 Å². The molecule has 2 rings (SSSR count). The lowest BCUT2D eigenvalue weighted by atomic mass is 9.79. The molecule has 0 amide bonds. The van der Waals surface area contributed by atoms with Gasteiger partial charge in [0.1, 0.15) is 5.75 Å². The smallest absolute Gasteiger partial charge is 0.119 e. The summed E-state index contributed by atoms with van der Waals surface area (Å²) < 4.78 is 0. The van der Waals surface area contributed by atoms with Crippen LogP contribution in [0.3, 0.4) is 0 Å². The van der Waals surface area contributed by atoms with Gasteiger partial charge in [-0.15, -0.1) is 0 Å². The molecule has 0 unspecified atom stereocenters. The standard InChI is InChI=1S/C17H27NO/c1-4-11-18(12-5-2)15-10-9-14-7-6-8-16(19)17(14)13(15)3/h6-8,13,15,19H,4-5,9-12H2,1-3H3/t13-,15-/m0/s1. The van der Waals surface area contributed by atoms with E-state index in [0.717, 1.165) is 6.42 Å². The lowest BCUT2D eigenvalue weighted by Crippen LogP contribution is -2.42. The van der Waals surface area contributed by atoms with Gasteiger partial charge in [-0.25, -0.2) is 0 Å². The Balaban J connectivity index is 2.24. The molecule has 19 heavy (non-hydrogen) atoms. The van der Waals surface area contributed by atoms with Crippen LogP contribution in [0.1, 0.15) is 57.1 Å². The summed E-state index contributed by atoms with van der Waals surface area (Å²) in [5.41, 5.74) is 2.53. The fourth-order valence-electron chi connectivity index (χ4n) is 3.61. The molecular weight excluding hydrogens is 234 g/mol. The number of hydrogen-bond donors (Lipinski definition) is 1. The number of phenols is 1.